The molecule has 3 rings (SSSR count). The van der Waals surface area contributed by atoms with Gasteiger partial charge in [0.1, 0.15) is 0 Å². The van der Waals surface area contributed by atoms with Gasteiger partial charge in [-0.25, -0.2) is 0 Å². The summed E-state index contributed by atoms with van der Waals surface area (Å²) >= 11 is 0. The van der Waals surface area contributed by atoms with E-state index in [1.165, 1.54) is 25.7 Å². The van der Waals surface area contributed by atoms with Gasteiger partial charge < -0.3 is 0 Å². The predicted molar refractivity (Wildman–Crippen MR) is 59.9 cm³/mol. The maximum Gasteiger partial charge on any atom is -0.00216 e. The second-order valence-corrected chi connectivity index (χ2v) is 5.70. The molecule has 0 aliphatic heterocycles. The van der Waals surface area contributed by atoms with Gasteiger partial charge in [0, 0.05) is 0 Å². The molecule has 5 unspecified atom stereocenters. The van der Waals surface area contributed by atoms with E-state index in [1.807, 2.05) is 0 Å². The first-order valence-corrected chi connectivity index (χ1v) is 6.08. The van der Waals surface area contributed by atoms with Crippen LogP contribution >= 0.6 is 0 Å². The van der Waals surface area contributed by atoms with Crippen LogP contribution in [0.25, 0.3) is 0 Å². The SMILES string of the molecule is C=CC12CC(C)CCC1C1C=CC2C1. The lowest BCUT2D eigenvalue weighted by molar-refractivity contribution is 0.101. The molecule has 2 saturated carbocycles. The third-order valence-corrected chi connectivity index (χ3v) is 5.07. The Morgan fingerprint density at radius 2 is 2.21 bits per heavy atom. The molecule has 76 valence electrons. The van der Waals surface area contributed by atoms with Gasteiger partial charge in [-0.15, -0.1) is 6.58 Å². The van der Waals surface area contributed by atoms with Crippen molar-refractivity contribution in [2.24, 2.45) is 29.1 Å². The largest absolute Gasteiger partial charge is 0.102 e. The summed E-state index contributed by atoms with van der Waals surface area (Å²) in [5, 5.41) is 0. The Morgan fingerprint density at radius 3 is 3.00 bits per heavy atom. The van der Waals surface area contributed by atoms with E-state index in [9.17, 15) is 0 Å². The van der Waals surface area contributed by atoms with Gasteiger partial charge in [0.2, 0.25) is 0 Å². The highest BCUT2D eigenvalue weighted by Gasteiger charge is 2.55. The van der Waals surface area contributed by atoms with Crippen LogP contribution in [-0.2, 0) is 0 Å². The molecule has 3 aliphatic carbocycles. The second kappa shape index (κ2) is 2.74. The van der Waals surface area contributed by atoms with Gasteiger partial charge in [0.15, 0.2) is 0 Å². The zero-order valence-electron chi connectivity index (χ0n) is 9.08. The van der Waals surface area contributed by atoms with Crippen LogP contribution in [0.1, 0.15) is 32.6 Å². The van der Waals surface area contributed by atoms with Crippen molar-refractivity contribution in [3.05, 3.63) is 24.8 Å². The third kappa shape index (κ3) is 0.898. The quantitative estimate of drug-likeness (QED) is 0.549. The summed E-state index contributed by atoms with van der Waals surface area (Å²) in [5.74, 6) is 3.58. The van der Waals surface area contributed by atoms with Crippen molar-refractivity contribution < 1.29 is 0 Å². The topological polar surface area (TPSA) is 0 Å². The van der Waals surface area contributed by atoms with E-state index in [0.717, 1.165) is 23.7 Å². The lowest BCUT2D eigenvalue weighted by Gasteiger charge is -2.45. The first kappa shape index (κ1) is 8.76. The minimum atomic E-state index is 0.497. The third-order valence-electron chi connectivity index (χ3n) is 5.07. The number of hydrogen-bond acceptors (Lipinski definition) is 0. The van der Waals surface area contributed by atoms with E-state index in [2.05, 4.69) is 31.7 Å². The normalized spacial score (nSPS) is 54.6. The highest BCUT2D eigenvalue weighted by molar-refractivity contribution is 5.24. The van der Waals surface area contributed by atoms with Crippen LogP contribution < -0.4 is 0 Å². The summed E-state index contributed by atoms with van der Waals surface area (Å²) < 4.78 is 0. The van der Waals surface area contributed by atoms with Gasteiger partial charge in [0.05, 0.1) is 0 Å². The second-order valence-electron chi connectivity index (χ2n) is 5.70. The van der Waals surface area contributed by atoms with E-state index in [4.69, 9.17) is 0 Å². The van der Waals surface area contributed by atoms with Crippen molar-refractivity contribution in [3.8, 4) is 0 Å². The lowest BCUT2D eigenvalue weighted by atomic mass is 9.59. The average Bonchev–Trinajstić information content (AvgIpc) is 2.76. The number of fused-ring (bicyclic) bond motifs is 5. The fraction of sp³-hybridized carbons (Fsp3) is 0.714. The van der Waals surface area contributed by atoms with Crippen LogP contribution in [0.15, 0.2) is 24.8 Å². The highest BCUT2D eigenvalue weighted by atomic mass is 14.6. The predicted octanol–water partition coefficient (Wildman–Crippen LogP) is 3.80. The van der Waals surface area contributed by atoms with Crippen LogP contribution in [0.2, 0.25) is 0 Å². The van der Waals surface area contributed by atoms with Gasteiger partial charge in [0.25, 0.3) is 0 Å². The summed E-state index contributed by atoms with van der Waals surface area (Å²) in [6.07, 6.45) is 13.0. The van der Waals surface area contributed by atoms with Crippen molar-refractivity contribution in [2.75, 3.05) is 0 Å². The number of hydrogen-bond donors (Lipinski definition) is 0. The van der Waals surface area contributed by atoms with Gasteiger partial charge in [-0.05, 0) is 48.3 Å². The molecule has 0 aromatic heterocycles. The molecule has 0 radical (unpaired) electrons. The van der Waals surface area contributed by atoms with E-state index in [1.54, 1.807) is 0 Å². The summed E-state index contributed by atoms with van der Waals surface area (Å²) in [4.78, 5) is 0. The van der Waals surface area contributed by atoms with E-state index >= 15 is 0 Å². The maximum atomic E-state index is 4.14. The van der Waals surface area contributed by atoms with Crippen molar-refractivity contribution in [2.45, 2.75) is 32.6 Å². The molecular formula is C14H20. The monoisotopic (exact) mass is 188 g/mol. The molecule has 0 heteroatoms. The van der Waals surface area contributed by atoms with Crippen molar-refractivity contribution in [1.82, 2.24) is 0 Å². The van der Waals surface area contributed by atoms with Gasteiger partial charge in [-0.1, -0.05) is 31.6 Å². The molecule has 0 amide bonds. The number of allylic oxidation sites excluding steroid dienone is 3. The minimum absolute atomic E-state index is 0.497. The number of rotatable bonds is 1. The molecule has 0 saturated heterocycles. The van der Waals surface area contributed by atoms with Crippen LogP contribution in [0, 0.1) is 29.1 Å². The Kier molecular flexibility index (Phi) is 1.72. The molecule has 2 bridgehead atoms. The maximum absolute atomic E-state index is 4.14. The molecule has 0 nitrogen and oxygen atoms in total. The minimum Gasteiger partial charge on any atom is -0.102 e. The smallest absolute Gasteiger partial charge is 0.00216 e. The molecule has 3 aliphatic rings. The van der Waals surface area contributed by atoms with Crippen molar-refractivity contribution in [1.29, 1.82) is 0 Å². The molecule has 5 atom stereocenters. The molecular weight excluding hydrogens is 168 g/mol. The zero-order valence-corrected chi connectivity index (χ0v) is 9.08. The van der Waals surface area contributed by atoms with Crippen molar-refractivity contribution >= 4 is 0 Å². The fourth-order valence-corrected chi connectivity index (χ4v) is 4.44. The molecule has 14 heavy (non-hydrogen) atoms. The molecule has 0 aromatic rings. The molecule has 0 aromatic carbocycles. The van der Waals surface area contributed by atoms with Gasteiger partial charge >= 0.3 is 0 Å². The van der Waals surface area contributed by atoms with E-state index < -0.39 is 0 Å². The lowest BCUT2D eigenvalue weighted by Crippen LogP contribution is -2.37. The standard InChI is InChI=1S/C14H20/c1-3-14-9-10(2)4-7-13(14)11-5-6-12(14)8-11/h3,5-6,10-13H,1,4,7-9H2,2H3. The van der Waals surface area contributed by atoms with Crippen LogP contribution in [0.5, 0.6) is 0 Å². The average molecular weight is 188 g/mol. The zero-order chi connectivity index (χ0) is 9.76. The van der Waals surface area contributed by atoms with E-state index in [-0.39, 0.29) is 0 Å². The summed E-state index contributed by atoms with van der Waals surface area (Å²) in [7, 11) is 0. The molecule has 0 N–H and O–H groups in total. The Bertz CT molecular complexity index is 288. The Hall–Kier alpha value is -0.520. The Labute approximate surface area is 87.1 Å². The van der Waals surface area contributed by atoms with Crippen LogP contribution in [-0.4, -0.2) is 0 Å². The Balaban J connectivity index is 2.00. The van der Waals surface area contributed by atoms with E-state index in [0.29, 0.717) is 5.41 Å². The van der Waals surface area contributed by atoms with Gasteiger partial charge in [-0.3, -0.25) is 0 Å². The first-order chi connectivity index (χ1) is 6.76. The summed E-state index contributed by atoms with van der Waals surface area (Å²) in [5.41, 5.74) is 0.497. The highest BCUT2D eigenvalue weighted by Crippen LogP contribution is 2.63. The van der Waals surface area contributed by atoms with Crippen molar-refractivity contribution in [3.63, 3.8) is 0 Å². The fourth-order valence-electron chi connectivity index (χ4n) is 4.44. The Morgan fingerprint density at radius 1 is 1.36 bits per heavy atom. The first-order valence-electron chi connectivity index (χ1n) is 6.08. The van der Waals surface area contributed by atoms with Crippen LogP contribution in [0.4, 0.5) is 0 Å². The molecule has 2 fully saturated rings. The molecule has 0 spiro atoms. The van der Waals surface area contributed by atoms with Gasteiger partial charge in [-0.2, -0.15) is 0 Å². The summed E-state index contributed by atoms with van der Waals surface area (Å²) in [6.45, 7) is 6.55. The van der Waals surface area contributed by atoms with Crippen LogP contribution in [0.3, 0.4) is 0 Å². The summed E-state index contributed by atoms with van der Waals surface area (Å²) in [6, 6.07) is 0. The molecule has 0 heterocycles.